The second kappa shape index (κ2) is 6.24. The molecular formula is C13H26N2O. The van der Waals surface area contributed by atoms with Gasteiger partial charge in [0.05, 0.1) is 0 Å². The predicted molar refractivity (Wildman–Crippen MR) is 67.0 cm³/mol. The molecule has 1 fully saturated rings. The summed E-state index contributed by atoms with van der Waals surface area (Å²) in [5, 5.41) is 3.08. The van der Waals surface area contributed by atoms with Crippen molar-refractivity contribution in [1.82, 2.24) is 5.32 Å². The Hall–Kier alpha value is -0.570. The summed E-state index contributed by atoms with van der Waals surface area (Å²) in [6.07, 6.45) is 6.82. The van der Waals surface area contributed by atoms with E-state index in [-0.39, 0.29) is 17.2 Å². The molecule has 0 aromatic heterocycles. The summed E-state index contributed by atoms with van der Waals surface area (Å²) in [5.41, 5.74) is 5.68. The molecule has 0 heterocycles. The van der Waals surface area contributed by atoms with Gasteiger partial charge in [0.25, 0.3) is 0 Å². The van der Waals surface area contributed by atoms with Crippen molar-refractivity contribution in [2.45, 2.75) is 52.4 Å². The molecule has 3 heteroatoms. The van der Waals surface area contributed by atoms with Crippen LogP contribution in [-0.2, 0) is 4.79 Å². The third-order valence-corrected chi connectivity index (χ3v) is 3.54. The Balaban J connectivity index is 2.28. The molecule has 0 saturated heterocycles. The fraction of sp³-hybridized carbons (Fsp3) is 0.923. The van der Waals surface area contributed by atoms with Crippen LogP contribution in [0.1, 0.15) is 52.4 Å². The summed E-state index contributed by atoms with van der Waals surface area (Å²) in [6, 6.07) is 0. The van der Waals surface area contributed by atoms with E-state index in [1.54, 1.807) is 0 Å². The zero-order valence-corrected chi connectivity index (χ0v) is 10.7. The molecule has 3 nitrogen and oxygen atoms in total. The number of rotatable bonds is 5. The van der Waals surface area contributed by atoms with Gasteiger partial charge in [0.15, 0.2) is 0 Å². The monoisotopic (exact) mass is 226 g/mol. The molecule has 3 N–H and O–H groups in total. The summed E-state index contributed by atoms with van der Waals surface area (Å²) >= 11 is 0. The SMILES string of the molecule is CC(C)(CCN)CNC(=O)C1CCCCC1. The van der Waals surface area contributed by atoms with Crippen molar-refractivity contribution in [3.63, 3.8) is 0 Å². The smallest absolute Gasteiger partial charge is 0.223 e. The van der Waals surface area contributed by atoms with Gasteiger partial charge in [-0.15, -0.1) is 0 Å². The Morgan fingerprint density at radius 1 is 1.31 bits per heavy atom. The van der Waals surface area contributed by atoms with Crippen LogP contribution in [0.2, 0.25) is 0 Å². The highest BCUT2D eigenvalue weighted by atomic mass is 16.1. The molecule has 0 aliphatic heterocycles. The van der Waals surface area contributed by atoms with E-state index in [0.717, 1.165) is 25.8 Å². The van der Waals surface area contributed by atoms with Crippen LogP contribution in [0, 0.1) is 11.3 Å². The number of carbonyl (C=O) groups excluding carboxylic acids is 1. The highest BCUT2D eigenvalue weighted by Gasteiger charge is 2.23. The Bertz CT molecular complexity index is 220. The first-order chi connectivity index (χ1) is 7.55. The highest BCUT2D eigenvalue weighted by Crippen LogP contribution is 2.24. The molecule has 1 rings (SSSR count). The van der Waals surface area contributed by atoms with Crippen molar-refractivity contribution in [3.05, 3.63) is 0 Å². The maximum absolute atomic E-state index is 11.9. The first-order valence-corrected chi connectivity index (χ1v) is 6.53. The van der Waals surface area contributed by atoms with Gasteiger partial charge in [-0.3, -0.25) is 4.79 Å². The van der Waals surface area contributed by atoms with Gasteiger partial charge in [-0.2, -0.15) is 0 Å². The Morgan fingerprint density at radius 2 is 1.94 bits per heavy atom. The molecule has 1 aliphatic carbocycles. The van der Waals surface area contributed by atoms with E-state index >= 15 is 0 Å². The molecule has 0 unspecified atom stereocenters. The number of carbonyl (C=O) groups is 1. The number of hydrogen-bond donors (Lipinski definition) is 2. The molecule has 1 saturated carbocycles. The molecule has 94 valence electrons. The Labute approximate surface area is 99.2 Å². The summed E-state index contributed by atoms with van der Waals surface area (Å²) in [6.45, 7) is 5.74. The minimum absolute atomic E-state index is 0.124. The molecule has 0 spiro atoms. The van der Waals surface area contributed by atoms with Crippen molar-refractivity contribution in [1.29, 1.82) is 0 Å². The molecule has 0 bridgehead atoms. The quantitative estimate of drug-likeness (QED) is 0.754. The molecule has 0 atom stereocenters. The lowest BCUT2D eigenvalue weighted by Crippen LogP contribution is -2.39. The van der Waals surface area contributed by atoms with Crippen LogP contribution < -0.4 is 11.1 Å². The number of nitrogens with one attached hydrogen (secondary N) is 1. The molecule has 0 aromatic rings. The maximum Gasteiger partial charge on any atom is 0.223 e. The molecular weight excluding hydrogens is 200 g/mol. The van der Waals surface area contributed by atoms with Gasteiger partial charge in [-0.25, -0.2) is 0 Å². The topological polar surface area (TPSA) is 55.1 Å². The van der Waals surface area contributed by atoms with Crippen molar-refractivity contribution in [3.8, 4) is 0 Å². The summed E-state index contributed by atoms with van der Waals surface area (Å²) in [5.74, 6) is 0.521. The van der Waals surface area contributed by atoms with Crippen molar-refractivity contribution < 1.29 is 4.79 Å². The third-order valence-electron chi connectivity index (χ3n) is 3.54. The fourth-order valence-corrected chi connectivity index (χ4v) is 2.31. The van der Waals surface area contributed by atoms with E-state index in [0.29, 0.717) is 6.54 Å². The zero-order chi connectivity index (χ0) is 12.0. The van der Waals surface area contributed by atoms with E-state index in [4.69, 9.17) is 5.73 Å². The normalized spacial score (nSPS) is 18.4. The van der Waals surface area contributed by atoms with Crippen molar-refractivity contribution >= 4 is 5.91 Å². The number of amides is 1. The molecule has 1 amide bonds. The van der Waals surface area contributed by atoms with Crippen LogP contribution >= 0.6 is 0 Å². The van der Waals surface area contributed by atoms with Gasteiger partial charge in [0.2, 0.25) is 5.91 Å². The summed E-state index contributed by atoms with van der Waals surface area (Å²) in [4.78, 5) is 11.9. The van der Waals surface area contributed by atoms with Crippen LogP contribution in [-0.4, -0.2) is 19.0 Å². The van der Waals surface area contributed by atoms with Gasteiger partial charge in [-0.1, -0.05) is 33.1 Å². The number of hydrogen-bond acceptors (Lipinski definition) is 2. The second-order valence-corrected chi connectivity index (χ2v) is 5.76. The average Bonchev–Trinajstić information content (AvgIpc) is 2.27. The first kappa shape index (κ1) is 13.5. The van der Waals surface area contributed by atoms with Crippen LogP contribution in [0.15, 0.2) is 0 Å². The minimum atomic E-state index is 0.124. The zero-order valence-electron chi connectivity index (χ0n) is 10.7. The molecule has 0 aromatic carbocycles. The lowest BCUT2D eigenvalue weighted by molar-refractivity contribution is -0.126. The third kappa shape index (κ3) is 4.52. The lowest BCUT2D eigenvalue weighted by atomic mass is 9.87. The molecule has 0 radical (unpaired) electrons. The summed E-state index contributed by atoms with van der Waals surface area (Å²) in [7, 11) is 0. The van der Waals surface area contributed by atoms with E-state index in [1.165, 1.54) is 19.3 Å². The Morgan fingerprint density at radius 3 is 2.50 bits per heavy atom. The van der Waals surface area contributed by atoms with Crippen molar-refractivity contribution in [2.75, 3.05) is 13.1 Å². The van der Waals surface area contributed by atoms with E-state index < -0.39 is 0 Å². The largest absolute Gasteiger partial charge is 0.355 e. The maximum atomic E-state index is 11.9. The second-order valence-electron chi connectivity index (χ2n) is 5.76. The standard InChI is InChI=1S/C13H26N2O/c1-13(2,8-9-14)10-15-12(16)11-6-4-3-5-7-11/h11H,3-10,14H2,1-2H3,(H,15,16). The highest BCUT2D eigenvalue weighted by molar-refractivity contribution is 5.78. The number of nitrogens with two attached hydrogens (primary N) is 1. The predicted octanol–water partition coefficient (Wildman–Crippen LogP) is 2.06. The van der Waals surface area contributed by atoms with Gasteiger partial charge >= 0.3 is 0 Å². The van der Waals surface area contributed by atoms with Crippen LogP contribution in [0.25, 0.3) is 0 Å². The molecule has 16 heavy (non-hydrogen) atoms. The van der Waals surface area contributed by atoms with E-state index in [1.807, 2.05) is 0 Å². The van der Waals surface area contributed by atoms with Gasteiger partial charge in [0.1, 0.15) is 0 Å². The fourth-order valence-electron chi connectivity index (χ4n) is 2.31. The van der Waals surface area contributed by atoms with Crippen LogP contribution in [0.5, 0.6) is 0 Å². The van der Waals surface area contributed by atoms with Crippen LogP contribution in [0.4, 0.5) is 0 Å². The van der Waals surface area contributed by atoms with Crippen molar-refractivity contribution in [2.24, 2.45) is 17.1 Å². The Kier molecular flexibility index (Phi) is 5.26. The lowest BCUT2D eigenvalue weighted by Gasteiger charge is -2.27. The van der Waals surface area contributed by atoms with Gasteiger partial charge in [-0.05, 0) is 31.2 Å². The van der Waals surface area contributed by atoms with Gasteiger partial charge in [0, 0.05) is 12.5 Å². The van der Waals surface area contributed by atoms with E-state index in [2.05, 4.69) is 19.2 Å². The first-order valence-electron chi connectivity index (χ1n) is 6.53. The minimum Gasteiger partial charge on any atom is -0.355 e. The average molecular weight is 226 g/mol. The van der Waals surface area contributed by atoms with E-state index in [9.17, 15) is 4.79 Å². The summed E-state index contributed by atoms with van der Waals surface area (Å²) < 4.78 is 0. The molecule has 1 aliphatic rings. The van der Waals surface area contributed by atoms with Crippen LogP contribution in [0.3, 0.4) is 0 Å². The van der Waals surface area contributed by atoms with Gasteiger partial charge < -0.3 is 11.1 Å².